The molecule has 68 heavy (non-hydrogen) atoms. The SMILES string of the molecule is C=C1[C@@H](NC(=O)/C(=N\OC(COc2ccc(N(C(=O)OC(C)(C)C)c3cc[n+](CCCNC(=O)OC(C)(C)C)cc3)nc2)C(=O)OC(C)(C)C)c2csc(NC(=O)OC(C)(C)C)n2)C(C)(C)N1C. The average Bonchev–Trinajstić information content (AvgIpc) is 3.65. The molecule has 20 nitrogen and oxygen atoms in total. The Balaban J connectivity index is 1.57. The molecule has 0 spiro atoms. The van der Waals surface area contributed by atoms with Gasteiger partial charge < -0.3 is 44.1 Å². The van der Waals surface area contributed by atoms with E-state index in [0.29, 0.717) is 30.9 Å². The number of nitrogens with one attached hydrogen (secondary N) is 3. The molecule has 4 rings (SSSR count). The van der Waals surface area contributed by atoms with Crippen molar-refractivity contribution in [3.63, 3.8) is 0 Å². The molecule has 1 fully saturated rings. The second-order valence-electron chi connectivity index (χ2n) is 20.4. The van der Waals surface area contributed by atoms with E-state index in [2.05, 4.69) is 37.7 Å². The Hall–Kier alpha value is -6.51. The van der Waals surface area contributed by atoms with E-state index in [4.69, 9.17) is 28.5 Å². The molecule has 2 atom stereocenters. The summed E-state index contributed by atoms with van der Waals surface area (Å²) in [6.07, 6.45) is 2.15. The number of ether oxygens (including phenoxy) is 5. The molecule has 1 aliphatic heterocycles. The van der Waals surface area contributed by atoms with Crippen molar-refractivity contribution in [3.8, 4) is 5.75 Å². The number of aromatic nitrogens is 3. The molecule has 3 aromatic rings. The number of nitrogens with zero attached hydrogens (tertiary/aromatic N) is 6. The lowest BCUT2D eigenvalue weighted by atomic mass is 9.80. The van der Waals surface area contributed by atoms with Crippen LogP contribution in [0.4, 0.5) is 31.0 Å². The highest BCUT2D eigenvalue weighted by molar-refractivity contribution is 7.14. The highest BCUT2D eigenvalue weighted by Gasteiger charge is 2.48. The zero-order valence-electron chi connectivity index (χ0n) is 41.9. The number of amides is 4. The van der Waals surface area contributed by atoms with Gasteiger partial charge in [-0.15, -0.1) is 11.3 Å². The van der Waals surface area contributed by atoms with Crippen molar-refractivity contribution in [2.24, 2.45) is 5.16 Å². The minimum atomic E-state index is -1.52. The molecule has 1 saturated heterocycles. The minimum Gasteiger partial charge on any atom is -0.487 e. The van der Waals surface area contributed by atoms with Gasteiger partial charge in [0.2, 0.25) is 0 Å². The van der Waals surface area contributed by atoms with Crippen molar-refractivity contribution >= 4 is 63.8 Å². The number of likely N-dealkylation sites (tertiary alicyclic amines) is 1. The van der Waals surface area contributed by atoms with E-state index in [1.165, 1.54) is 16.5 Å². The molecule has 372 valence electrons. The third-order valence-electron chi connectivity index (χ3n) is 9.44. The van der Waals surface area contributed by atoms with Gasteiger partial charge in [-0.05, 0) is 109 Å². The first kappa shape index (κ1) is 54.1. The lowest BCUT2D eigenvalue weighted by Crippen LogP contribution is -2.69. The Labute approximate surface area is 402 Å². The third-order valence-corrected chi connectivity index (χ3v) is 10.2. The summed E-state index contributed by atoms with van der Waals surface area (Å²) >= 11 is 1.02. The van der Waals surface area contributed by atoms with Crippen LogP contribution in [0.25, 0.3) is 0 Å². The molecule has 3 aromatic heterocycles. The normalized spacial score (nSPS) is 15.5. The van der Waals surface area contributed by atoms with Crippen molar-refractivity contribution in [2.45, 2.75) is 150 Å². The summed E-state index contributed by atoms with van der Waals surface area (Å²) in [5.41, 5.74) is -2.76. The number of carbonyl (C=O) groups is 5. The number of likely N-dealkylation sites (N-methyl/N-ethyl adjacent to an activating group) is 1. The van der Waals surface area contributed by atoms with Crippen LogP contribution >= 0.6 is 11.3 Å². The summed E-state index contributed by atoms with van der Waals surface area (Å²) in [6, 6.07) is 6.10. The van der Waals surface area contributed by atoms with E-state index in [-0.39, 0.29) is 28.1 Å². The maximum absolute atomic E-state index is 14.0. The van der Waals surface area contributed by atoms with Crippen LogP contribution in [-0.4, -0.2) is 111 Å². The van der Waals surface area contributed by atoms with Crippen molar-refractivity contribution < 1.29 is 57.1 Å². The second kappa shape index (κ2) is 21.6. The zero-order chi connectivity index (χ0) is 51.0. The van der Waals surface area contributed by atoms with E-state index in [0.717, 1.165) is 11.3 Å². The predicted octanol–water partition coefficient (Wildman–Crippen LogP) is 7.39. The molecule has 21 heteroatoms. The van der Waals surface area contributed by atoms with E-state index in [1.54, 1.807) is 120 Å². The molecule has 3 N–H and O–H groups in total. The van der Waals surface area contributed by atoms with Crippen LogP contribution in [0.1, 0.15) is 109 Å². The third kappa shape index (κ3) is 16.4. The molecule has 0 saturated carbocycles. The highest BCUT2D eigenvalue weighted by Crippen LogP contribution is 2.37. The average molecular weight is 967 g/mol. The number of aryl methyl sites for hydroxylation is 1. The molecule has 1 unspecified atom stereocenters. The van der Waals surface area contributed by atoms with E-state index in [9.17, 15) is 24.0 Å². The van der Waals surface area contributed by atoms with Gasteiger partial charge in [-0.2, -0.15) is 0 Å². The van der Waals surface area contributed by atoms with Crippen molar-refractivity contribution in [1.29, 1.82) is 0 Å². The van der Waals surface area contributed by atoms with Gasteiger partial charge in [0.15, 0.2) is 23.2 Å². The van der Waals surface area contributed by atoms with Crippen molar-refractivity contribution in [1.82, 2.24) is 25.5 Å². The monoisotopic (exact) mass is 966 g/mol. The van der Waals surface area contributed by atoms with Gasteiger partial charge in [0, 0.05) is 43.2 Å². The Morgan fingerprint density at radius 1 is 0.882 bits per heavy atom. The first-order valence-electron chi connectivity index (χ1n) is 22.1. The summed E-state index contributed by atoms with van der Waals surface area (Å²) in [4.78, 5) is 83.7. The fraction of sp³-hybridized carbons (Fsp3) is 0.553. The largest absolute Gasteiger partial charge is 0.487 e. The van der Waals surface area contributed by atoms with Gasteiger partial charge in [-0.1, -0.05) is 11.7 Å². The summed E-state index contributed by atoms with van der Waals surface area (Å²) in [5.74, 6) is -1.14. The Kier molecular flexibility index (Phi) is 17.2. The molecule has 4 heterocycles. The van der Waals surface area contributed by atoms with Crippen LogP contribution in [0.2, 0.25) is 0 Å². The van der Waals surface area contributed by atoms with Gasteiger partial charge in [0.1, 0.15) is 52.8 Å². The Morgan fingerprint density at radius 3 is 2.04 bits per heavy atom. The molecule has 0 aliphatic carbocycles. The number of hydrogen-bond acceptors (Lipinski definition) is 16. The van der Waals surface area contributed by atoms with Crippen LogP contribution in [0, 0.1) is 0 Å². The fourth-order valence-electron chi connectivity index (χ4n) is 6.13. The summed E-state index contributed by atoms with van der Waals surface area (Å²) < 4.78 is 29.9. The van der Waals surface area contributed by atoms with Crippen LogP contribution in [0.15, 0.2) is 65.7 Å². The number of hydrogen-bond donors (Lipinski definition) is 3. The number of thiazole rings is 1. The molecule has 0 bridgehead atoms. The van der Waals surface area contributed by atoms with Crippen LogP contribution in [-0.2, 0) is 39.9 Å². The standard InChI is InChI=1S/C47H67N9O11S/c1-29-36(47(14,15)54(29)16)51-37(57)35(32-28-68-39(50-32)52-41(60)65-45(8,9)10)53-67-33(38(58)63-43(2,3)4)27-62-31-18-19-34(49-26-31)56(42(61)66-46(11,12)13)30-20-24-55(25-21-30)23-17-22-48-40(59)64-44(5,6)7/h18-21,24-26,28,33,36H,1,17,22-23,27H2,2-16H3,(H2-,48,50,51,52,57,59,60)/p+1/b53-35-/t33?,36-/m1/s1. The van der Waals surface area contributed by atoms with Crippen LogP contribution in [0.5, 0.6) is 5.75 Å². The van der Waals surface area contributed by atoms with Gasteiger partial charge in [-0.25, -0.2) is 38.6 Å². The first-order valence-corrected chi connectivity index (χ1v) is 22.9. The Bertz CT molecular complexity index is 2310. The second-order valence-corrected chi connectivity index (χ2v) is 21.3. The number of oxime groups is 1. The zero-order valence-corrected chi connectivity index (χ0v) is 42.7. The lowest BCUT2D eigenvalue weighted by Gasteiger charge is -2.56. The fourth-order valence-corrected chi connectivity index (χ4v) is 6.81. The minimum absolute atomic E-state index is 0.0358. The van der Waals surface area contributed by atoms with E-state index < -0.39 is 76.9 Å². The van der Waals surface area contributed by atoms with Gasteiger partial charge in [0.25, 0.3) is 12.0 Å². The number of anilines is 3. The molecule has 4 amide bonds. The number of alkyl carbamates (subject to hydrolysis) is 1. The molecule has 0 aromatic carbocycles. The van der Waals surface area contributed by atoms with E-state index >= 15 is 0 Å². The topological polar surface area (TPSA) is 225 Å². The van der Waals surface area contributed by atoms with E-state index in [1.807, 2.05) is 30.4 Å². The highest BCUT2D eigenvalue weighted by atomic mass is 32.1. The number of rotatable bonds is 16. The van der Waals surface area contributed by atoms with Crippen molar-refractivity contribution in [3.05, 3.63) is 66.2 Å². The molecule has 1 aliphatic rings. The van der Waals surface area contributed by atoms with Gasteiger partial charge in [-0.3, -0.25) is 10.1 Å². The van der Waals surface area contributed by atoms with Crippen molar-refractivity contribution in [2.75, 3.05) is 30.4 Å². The molecular formula is C47H68N9O11S+. The van der Waals surface area contributed by atoms with Gasteiger partial charge >= 0.3 is 24.2 Å². The van der Waals surface area contributed by atoms with Crippen LogP contribution < -0.4 is 30.2 Å². The number of carbonyl (C=O) groups excluding carboxylic acids is 5. The van der Waals surface area contributed by atoms with Crippen LogP contribution in [0.3, 0.4) is 0 Å². The summed E-state index contributed by atoms with van der Waals surface area (Å²) in [7, 11) is 1.86. The lowest BCUT2D eigenvalue weighted by molar-refractivity contribution is -0.697. The molecule has 0 radical (unpaired) electrons. The maximum atomic E-state index is 14.0. The predicted molar refractivity (Wildman–Crippen MR) is 256 cm³/mol. The number of pyridine rings is 2. The first-order chi connectivity index (χ1) is 31.3. The quantitative estimate of drug-likeness (QED) is 0.0318. The Morgan fingerprint density at radius 2 is 1.49 bits per heavy atom. The summed E-state index contributed by atoms with van der Waals surface area (Å²) in [5, 5.41) is 14.0. The smallest absolute Gasteiger partial charge is 0.420 e. The maximum Gasteiger partial charge on any atom is 0.420 e. The number of esters is 1. The molecular weight excluding hydrogens is 899 g/mol. The summed E-state index contributed by atoms with van der Waals surface area (Å²) in [6.45, 7) is 29.3. The van der Waals surface area contributed by atoms with Gasteiger partial charge in [0.05, 0.1) is 23.5 Å².